The minimum atomic E-state index is -0.509. The molecule has 8 heteroatoms. The van der Waals surface area contributed by atoms with Gasteiger partial charge in [0.15, 0.2) is 0 Å². The van der Waals surface area contributed by atoms with Gasteiger partial charge in [-0.3, -0.25) is 19.2 Å². The van der Waals surface area contributed by atoms with Crippen molar-refractivity contribution < 1.29 is 14.4 Å². The summed E-state index contributed by atoms with van der Waals surface area (Å²) in [6.45, 7) is 0.990. The fourth-order valence-corrected chi connectivity index (χ4v) is 2.53. The van der Waals surface area contributed by atoms with Gasteiger partial charge in [-0.2, -0.15) is 5.10 Å². The third-order valence-electron chi connectivity index (χ3n) is 3.85. The van der Waals surface area contributed by atoms with Crippen molar-refractivity contribution in [1.29, 1.82) is 0 Å². The average molecular weight is 305 g/mol. The Balaban J connectivity index is 1.37. The van der Waals surface area contributed by atoms with E-state index in [9.17, 15) is 14.4 Å². The van der Waals surface area contributed by atoms with Crippen LogP contribution >= 0.6 is 0 Å². The van der Waals surface area contributed by atoms with Crippen LogP contribution in [0.1, 0.15) is 30.9 Å². The largest absolute Gasteiger partial charge is 0.354 e. The molecule has 118 valence electrons. The molecule has 0 bridgehead atoms. The highest BCUT2D eigenvalue weighted by molar-refractivity contribution is 6.04. The molecule has 0 radical (unpaired) electrons. The summed E-state index contributed by atoms with van der Waals surface area (Å²) in [5.41, 5.74) is 1.27. The molecule has 1 aliphatic heterocycles. The van der Waals surface area contributed by atoms with Crippen LogP contribution in [0.25, 0.3) is 0 Å². The van der Waals surface area contributed by atoms with Crippen LogP contribution in [0.5, 0.6) is 0 Å². The van der Waals surface area contributed by atoms with Gasteiger partial charge in [-0.15, -0.1) is 0 Å². The second kappa shape index (κ2) is 6.17. The van der Waals surface area contributed by atoms with Crippen LogP contribution in [0.4, 0.5) is 4.79 Å². The minimum Gasteiger partial charge on any atom is -0.354 e. The Morgan fingerprint density at radius 2 is 2.23 bits per heavy atom. The summed E-state index contributed by atoms with van der Waals surface area (Å²) in [6, 6.07) is 1.54. The molecule has 0 atom stereocenters. The molecule has 2 heterocycles. The molecule has 4 amide bonds. The van der Waals surface area contributed by atoms with E-state index in [1.54, 1.807) is 0 Å². The SMILES string of the molecule is O=C(CN1C(=O)CNC1=O)NCCCn1nccc1C1CC1. The first-order valence-electron chi connectivity index (χ1n) is 7.52. The second-order valence-corrected chi connectivity index (χ2v) is 5.60. The van der Waals surface area contributed by atoms with Gasteiger partial charge < -0.3 is 10.6 Å². The second-order valence-electron chi connectivity index (χ2n) is 5.60. The zero-order valence-electron chi connectivity index (χ0n) is 12.2. The van der Waals surface area contributed by atoms with E-state index < -0.39 is 6.03 Å². The number of carbonyl (C=O) groups is 3. The summed E-state index contributed by atoms with van der Waals surface area (Å²) < 4.78 is 1.99. The van der Waals surface area contributed by atoms with Gasteiger partial charge in [0.05, 0.1) is 6.54 Å². The molecule has 1 aromatic rings. The van der Waals surface area contributed by atoms with Crippen molar-refractivity contribution in [3.63, 3.8) is 0 Å². The fourth-order valence-electron chi connectivity index (χ4n) is 2.53. The zero-order chi connectivity index (χ0) is 15.5. The number of urea groups is 1. The van der Waals surface area contributed by atoms with Crippen molar-refractivity contribution in [2.75, 3.05) is 19.6 Å². The van der Waals surface area contributed by atoms with Crippen LogP contribution < -0.4 is 10.6 Å². The predicted molar refractivity (Wildman–Crippen MR) is 76.9 cm³/mol. The van der Waals surface area contributed by atoms with Crippen molar-refractivity contribution in [1.82, 2.24) is 25.3 Å². The summed E-state index contributed by atoms with van der Waals surface area (Å²) >= 11 is 0. The summed E-state index contributed by atoms with van der Waals surface area (Å²) in [7, 11) is 0. The average Bonchev–Trinajstić information content (AvgIpc) is 3.17. The maximum Gasteiger partial charge on any atom is 0.325 e. The molecule has 2 fully saturated rings. The van der Waals surface area contributed by atoms with E-state index in [-0.39, 0.29) is 24.9 Å². The topological polar surface area (TPSA) is 96.3 Å². The van der Waals surface area contributed by atoms with Crippen LogP contribution in [-0.4, -0.2) is 52.2 Å². The number of nitrogens with one attached hydrogen (secondary N) is 2. The maximum absolute atomic E-state index is 11.7. The first-order valence-corrected chi connectivity index (χ1v) is 7.52. The molecule has 2 N–H and O–H groups in total. The van der Waals surface area contributed by atoms with Gasteiger partial charge in [0.2, 0.25) is 5.91 Å². The number of hydrogen-bond donors (Lipinski definition) is 2. The molecular weight excluding hydrogens is 286 g/mol. The first kappa shape index (κ1) is 14.6. The molecule has 0 aromatic carbocycles. The van der Waals surface area contributed by atoms with E-state index in [2.05, 4.69) is 15.7 Å². The first-order chi connectivity index (χ1) is 10.6. The Bertz CT molecular complexity index is 577. The number of amides is 4. The lowest BCUT2D eigenvalue weighted by molar-refractivity contribution is -0.130. The number of rotatable bonds is 7. The smallest absolute Gasteiger partial charge is 0.325 e. The lowest BCUT2D eigenvalue weighted by Crippen LogP contribution is -2.41. The van der Waals surface area contributed by atoms with E-state index in [1.165, 1.54) is 18.5 Å². The molecule has 0 unspecified atom stereocenters. The highest BCUT2D eigenvalue weighted by Crippen LogP contribution is 2.39. The fraction of sp³-hybridized carbons (Fsp3) is 0.571. The third kappa shape index (κ3) is 3.26. The van der Waals surface area contributed by atoms with Crippen LogP contribution in [0.3, 0.4) is 0 Å². The molecule has 3 rings (SSSR count). The van der Waals surface area contributed by atoms with E-state index in [0.29, 0.717) is 12.5 Å². The Labute approximate surface area is 127 Å². The molecule has 22 heavy (non-hydrogen) atoms. The van der Waals surface area contributed by atoms with Gasteiger partial charge in [0, 0.05) is 30.9 Å². The molecular formula is C14H19N5O3. The quantitative estimate of drug-likeness (QED) is 0.539. The van der Waals surface area contributed by atoms with Crippen LogP contribution in [0, 0.1) is 0 Å². The van der Waals surface area contributed by atoms with Crippen LogP contribution in [0.15, 0.2) is 12.3 Å². The van der Waals surface area contributed by atoms with Crippen molar-refractivity contribution in [3.8, 4) is 0 Å². The van der Waals surface area contributed by atoms with Gasteiger partial charge in [0.1, 0.15) is 6.54 Å². The standard InChI is InChI=1S/C14H19N5O3/c20-12(9-18-13(21)8-16-14(18)22)15-5-1-7-19-11(4-6-17-19)10-2-3-10/h4,6,10H,1-3,5,7-9H2,(H,15,20)(H,16,22). The van der Waals surface area contributed by atoms with Crippen molar-refractivity contribution in [3.05, 3.63) is 18.0 Å². The Kier molecular flexibility index (Phi) is 4.08. The van der Waals surface area contributed by atoms with Crippen LogP contribution in [-0.2, 0) is 16.1 Å². The lowest BCUT2D eigenvalue weighted by Gasteiger charge is -2.12. The highest BCUT2D eigenvalue weighted by atomic mass is 16.2. The number of imide groups is 1. The molecule has 1 saturated heterocycles. The number of nitrogens with zero attached hydrogens (tertiary/aromatic N) is 3. The number of aryl methyl sites for hydroxylation is 1. The van der Waals surface area contributed by atoms with Gasteiger partial charge in [-0.1, -0.05) is 0 Å². The van der Waals surface area contributed by atoms with Crippen molar-refractivity contribution >= 4 is 17.8 Å². The summed E-state index contributed by atoms with van der Waals surface area (Å²) in [6.07, 6.45) is 5.03. The normalized spacial score (nSPS) is 17.7. The minimum absolute atomic E-state index is 0.0324. The highest BCUT2D eigenvalue weighted by Gasteiger charge is 2.30. The van der Waals surface area contributed by atoms with Gasteiger partial charge in [0.25, 0.3) is 5.91 Å². The Morgan fingerprint density at radius 1 is 1.41 bits per heavy atom. The molecule has 8 nitrogen and oxygen atoms in total. The third-order valence-corrected chi connectivity index (χ3v) is 3.85. The Morgan fingerprint density at radius 3 is 2.91 bits per heavy atom. The van der Waals surface area contributed by atoms with Gasteiger partial charge in [-0.05, 0) is 25.3 Å². The summed E-state index contributed by atoms with van der Waals surface area (Å²) in [5, 5.41) is 9.40. The van der Waals surface area contributed by atoms with E-state index in [0.717, 1.165) is 17.9 Å². The lowest BCUT2D eigenvalue weighted by atomic mass is 10.3. The monoisotopic (exact) mass is 305 g/mol. The molecule has 1 saturated carbocycles. The van der Waals surface area contributed by atoms with E-state index in [1.807, 2.05) is 16.9 Å². The Hall–Kier alpha value is -2.38. The number of aromatic nitrogens is 2. The summed E-state index contributed by atoms with van der Waals surface area (Å²) in [4.78, 5) is 35.3. The van der Waals surface area contributed by atoms with Crippen molar-refractivity contribution in [2.24, 2.45) is 0 Å². The number of carbonyl (C=O) groups excluding carboxylic acids is 3. The van der Waals surface area contributed by atoms with Crippen LogP contribution in [0.2, 0.25) is 0 Å². The molecule has 2 aliphatic rings. The molecule has 1 aliphatic carbocycles. The van der Waals surface area contributed by atoms with E-state index >= 15 is 0 Å². The van der Waals surface area contributed by atoms with Crippen molar-refractivity contribution in [2.45, 2.75) is 31.7 Å². The summed E-state index contributed by atoms with van der Waals surface area (Å²) in [5.74, 6) is -0.0455. The molecule has 1 aromatic heterocycles. The van der Waals surface area contributed by atoms with E-state index in [4.69, 9.17) is 0 Å². The van der Waals surface area contributed by atoms with Gasteiger partial charge in [-0.25, -0.2) is 4.79 Å². The maximum atomic E-state index is 11.7. The zero-order valence-corrected chi connectivity index (χ0v) is 12.2. The van der Waals surface area contributed by atoms with Gasteiger partial charge >= 0.3 is 6.03 Å². The predicted octanol–water partition coefficient (Wildman–Crippen LogP) is -0.181. The molecule has 0 spiro atoms. The number of hydrogen-bond acceptors (Lipinski definition) is 4.